The fraction of sp³-hybridized carbons (Fsp3) is 0.111. The minimum Gasteiger partial charge on any atom is -0.448 e. The van der Waals surface area contributed by atoms with Crippen LogP contribution < -0.4 is 5.32 Å². The Bertz CT molecular complexity index is 1000. The van der Waals surface area contributed by atoms with Crippen LogP contribution in [0.25, 0.3) is 10.1 Å². The van der Waals surface area contributed by atoms with Crippen molar-refractivity contribution in [1.29, 1.82) is 0 Å². The van der Waals surface area contributed by atoms with Gasteiger partial charge in [0.15, 0.2) is 6.10 Å². The fourth-order valence-electron chi connectivity index (χ4n) is 2.21. The van der Waals surface area contributed by atoms with Crippen LogP contribution in [-0.4, -0.2) is 18.0 Å². The molecule has 1 heterocycles. The second-order valence-electron chi connectivity index (χ2n) is 5.45. The van der Waals surface area contributed by atoms with Crippen LogP contribution in [0.1, 0.15) is 16.6 Å². The van der Waals surface area contributed by atoms with Crippen LogP contribution in [0.5, 0.6) is 0 Å². The highest BCUT2D eigenvalue weighted by atomic mass is 32.1. The topological polar surface area (TPSA) is 55.4 Å². The lowest BCUT2D eigenvalue weighted by molar-refractivity contribution is -0.123. The molecule has 4 nitrogen and oxygen atoms in total. The van der Waals surface area contributed by atoms with Crippen molar-refractivity contribution in [3.8, 4) is 0 Å². The van der Waals surface area contributed by atoms with Gasteiger partial charge in [-0.3, -0.25) is 4.79 Å². The molecule has 1 atom stereocenters. The molecule has 26 heavy (non-hydrogen) atoms. The lowest BCUT2D eigenvalue weighted by Gasteiger charge is -2.13. The maximum Gasteiger partial charge on any atom is 0.349 e. The normalized spacial score (nSPS) is 12.0. The van der Waals surface area contributed by atoms with Crippen molar-refractivity contribution in [2.75, 3.05) is 5.32 Å². The van der Waals surface area contributed by atoms with Crippen molar-refractivity contribution in [3.63, 3.8) is 0 Å². The van der Waals surface area contributed by atoms with Crippen LogP contribution in [0, 0.1) is 17.5 Å². The van der Waals surface area contributed by atoms with Crippen LogP contribution >= 0.6 is 11.3 Å². The Morgan fingerprint density at radius 2 is 1.73 bits per heavy atom. The summed E-state index contributed by atoms with van der Waals surface area (Å²) in [5.41, 5.74) is -0.225. The summed E-state index contributed by atoms with van der Waals surface area (Å²) in [5, 5.41) is 2.77. The zero-order valence-corrected chi connectivity index (χ0v) is 14.2. The minimum atomic E-state index is -1.21. The Morgan fingerprint density at radius 1 is 1.04 bits per heavy atom. The number of rotatable bonds is 4. The summed E-state index contributed by atoms with van der Waals surface area (Å²) in [6, 6.07) is 8.26. The summed E-state index contributed by atoms with van der Waals surface area (Å²) in [5.74, 6) is -3.67. The van der Waals surface area contributed by atoms with Gasteiger partial charge in [-0.05, 0) is 48.7 Å². The number of thiophene rings is 1. The fourth-order valence-corrected chi connectivity index (χ4v) is 3.14. The van der Waals surface area contributed by atoms with Crippen LogP contribution in [0.15, 0.2) is 42.5 Å². The summed E-state index contributed by atoms with van der Waals surface area (Å²) in [4.78, 5) is 24.4. The molecule has 0 spiro atoms. The lowest BCUT2D eigenvalue weighted by atomic mass is 10.2. The molecule has 3 rings (SSSR count). The summed E-state index contributed by atoms with van der Waals surface area (Å²) in [6.45, 7) is 1.32. The molecule has 8 heteroatoms. The predicted molar refractivity (Wildman–Crippen MR) is 91.6 cm³/mol. The number of halogens is 3. The van der Waals surface area contributed by atoms with Gasteiger partial charge in [0.25, 0.3) is 5.91 Å². The van der Waals surface area contributed by atoms with Gasteiger partial charge >= 0.3 is 5.97 Å². The van der Waals surface area contributed by atoms with Gasteiger partial charge in [-0.1, -0.05) is 0 Å². The molecule has 134 valence electrons. The molecular formula is C18H12F3NO3S. The van der Waals surface area contributed by atoms with Gasteiger partial charge < -0.3 is 10.1 Å². The average Bonchev–Trinajstić information content (AvgIpc) is 3.00. The Labute approximate surface area is 150 Å². The van der Waals surface area contributed by atoms with E-state index in [1.54, 1.807) is 6.07 Å². The van der Waals surface area contributed by atoms with Crippen molar-refractivity contribution in [3.05, 3.63) is 64.8 Å². The molecule has 2 aromatic carbocycles. The maximum absolute atomic E-state index is 13.6. The van der Waals surface area contributed by atoms with Crippen LogP contribution in [0.2, 0.25) is 0 Å². The van der Waals surface area contributed by atoms with Crippen LogP contribution in [0.3, 0.4) is 0 Å². The van der Waals surface area contributed by atoms with E-state index in [9.17, 15) is 22.8 Å². The van der Waals surface area contributed by atoms with Gasteiger partial charge in [0, 0.05) is 10.8 Å². The highest BCUT2D eigenvalue weighted by Crippen LogP contribution is 2.27. The third-order valence-electron chi connectivity index (χ3n) is 3.52. The Morgan fingerprint density at radius 3 is 2.46 bits per heavy atom. The first-order valence-electron chi connectivity index (χ1n) is 7.49. The smallest absolute Gasteiger partial charge is 0.349 e. The third-order valence-corrected chi connectivity index (χ3v) is 4.62. The molecule has 0 saturated carbocycles. The molecule has 0 fully saturated rings. The summed E-state index contributed by atoms with van der Waals surface area (Å²) in [6.07, 6.45) is -1.21. The van der Waals surface area contributed by atoms with E-state index in [2.05, 4.69) is 5.32 Å². The largest absolute Gasteiger partial charge is 0.448 e. The molecule has 1 amide bonds. The van der Waals surface area contributed by atoms with Crippen LogP contribution in [-0.2, 0) is 9.53 Å². The standard InChI is InChI=1S/C18H12F3NO3S/c1-9(17(23)22-14-4-2-12(20)8-13(14)21)25-18(24)16-7-10-6-11(19)3-5-15(10)26-16/h2-9H,1H3,(H,22,23)/t9-/m0/s1. The quantitative estimate of drug-likeness (QED) is 0.679. The van der Waals surface area contributed by atoms with Gasteiger partial charge in [-0.25, -0.2) is 18.0 Å². The molecule has 0 unspecified atom stereocenters. The number of carbonyl (C=O) groups is 2. The highest BCUT2D eigenvalue weighted by Gasteiger charge is 2.21. The van der Waals surface area contributed by atoms with Crippen molar-refractivity contribution in [2.45, 2.75) is 13.0 Å². The van der Waals surface area contributed by atoms with E-state index >= 15 is 0 Å². The minimum absolute atomic E-state index is 0.207. The SMILES string of the molecule is C[C@H](OC(=O)c1cc2cc(F)ccc2s1)C(=O)Nc1ccc(F)cc1F. The molecule has 0 saturated heterocycles. The van der Waals surface area contributed by atoms with E-state index < -0.39 is 35.4 Å². The van der Waals surface area contributed by atoms with E-state index in [0.717, 1.165) is 23.5 Å². The number of benzene rings is 2. The number of anilines is 1. The Hall–Kier alpha value is -2.87. The van der Waals surface area contributed by atoms with Crippen LogP contribution in [0.4, 0.5) is 18.9 Å². The average molecular weight is 379 g/mol. The summed E-state index contributed by atoms with van der Waals surface area (Å²) >= 11 is 1.10. The zero-order valence-electron chi connectivity index (χ0n) is 13.4. The van der Waals surface area contributed by atoms with E-state index in [1.807, 2.05) is 0 Å². The second-order valence-corrected chi connectivity index (χ2v) is 6.54. The number of carbonyl (C=O) groups excluding carboxylic acids is 2. The first-order chi connectivity index (χ1) is 12.3. The number of ether oxygens (including phenoxy) is 1. The van der Waals surface area contributed by atoms with E-state index in [0.29, 0.717) is 16.2 Å². The number of fused-ring (bicyclic) bond motifs is 1. The molecule has 3 aromatic rings. The Balaban J connectivity index is 1.68. The van der Waals surface area contributed by atoms with E-state index in [1.165, 1.54) is 25.1 Å². The van der Waals surface area contributed by atoms with Crippen molar-refractivity contribution in [2.24, 2.45) is 0 Å². The molecular weight excluding hydrogens is 367 g/mol. The van der Waals surface area contributed by atoms with E-state index in [-0.39, 0.29) is 10.6 Å². The van der Waals surface area contributed by atoms with Crippen molar-refractivity contribution < 1.29 is 27.5 Å². The molecule has 0 bridgehead atoms. The number of hydrogen-bond donors (Lipinski definition) is 1. The molecule has 1 N–H and O–H groups in total. The van der Waals surface area contributed by atoms with Crippen molar-refractivity contribution >= 4 is 39.0 Å². The van der Waals surface area contributed by atoms with Gasteiger partial charge in [0.1, 0.15) is 22.3 Å². The maximum atomic E-state index is 13.6. The first-order valence-corrected chi connectivity index (χ1v) is 8.31. The lowest BCUT2D eigenvalue weighted by Crippen LogP contribution is -2.30. The number of esters is 1. The monoisotopic (exact) mass is 379 g/mol. The third kappa shape index (κ3) is 3.85. The molecule has 0 radical (unpaired) electrons. The molecule has 1 aromatic heterocycles. The van der Waals surface area contributed by atoms with Gasteiger partial charge in [-0.2, -0.15) is 0 Å². The van der Waals surface area contributed by atoms with Gasteiger partial charge in [0.2, 0.25) is 0 Å². The number of hydrogen-bond acceptors (Lipinski definition) is 4. The van der Waals surface area contributed by atoms with Gasteiger partial charge in [-0.15, -0.1) is 11.3 Å². The predicted octanol–water partition coefficient (Wildman–Crippen LogP) is 4.50. The summed E-state index contributed by atoms with van der Waals surface area (Å²) < 4.78 is 45.4. The van der Waals surface area contributed by atoms with Crippen molar-refractivity contribution in [1.82, 2.24) is 0 Å². The van der Waals surface area contributed by atoms with E-state index in [4.69, 9.17) is 4.74 Å². The number of nitrogens with one attached hydrogen (secondary N) is 1. The second kappa shape index (κ2) is 7.17. The molecule has 0 aliphatic carbocycles. The first kappa shape index (κ1) is 17.9. The van der Waals surface area contributed by atoms with Gasteiger partial charge in [0.05, 0.1) is 5.69 Å². The molecule has 0 aliphatic rings. The zero-order chi connectivity index (χ0) is 18.8. The number of amides is 1. The Kier molecular flexibility index (Phi) is 4.94. The summed E-state index contributed by atoms with van der Waals surface area (Å²) in [7, 11) is 0. The highest BCUT2D eigenvalue weighted by molar-refractivity contribution is 7.20. The molecule has 0 aliphatic heterocycles.